The molecule has 0 aromatic heterocycles. The Bertz CT molecular complexity index is 540. The van der Waals surface area contributed by atoms with Gasteiger partial charge in [0.15, 0.2) is 0 Å². The van der Waals surface area contributed by atoms with Crippen LogP contribution in [0.15, 0.2) is 17.0 Å². The van der Waals surface area contributed by atoms with Crippen LogP contribution >= 0.6 is 0 Å². The van der Waals surface area contributed by atoms with Gasteiger partial charge in [0, 0.05) is 13.0 Å². The highest BCUT2D eigenvalue weighted by atomic mass is 32.2. The molecule has 0 fully saturated rings. The van der Waals surface area contributed by atoms with Gasteiger partial charge in [-0.05, 0) is 18.6 Å². The van der Waals surface area contributed by atoms with Crippen LogP contribution in [0.1, 0.15) is 12.5 Å². The Morgan fingerprint density at radius 2 is 1.81 bits per heavy atom. The average Bonchev–Trinajstić information content (AvgIpc) is 2.08. The summed E-state index contributed by atoms with van der Waals surface area (Å²) in [6.45, 7) is 2.27. The lowest BCUT2D eigenvalue weighted by molar-refractivity contribution is -0.117. The van der Waals surface area contributed by atoms with Crippen LogP contribution in [-0.4, -0.2) is 14.3 Å². The lowest BCUT2D eigenvalue weighted by Crippen LogP contribution is -2.29. The van der Waals surface area contributed by atoms with Crippen molar-refractivity contribution in [2.75, 3.05) is 0 Å². The van der Waals surface area contributed by atoms with E-state index in [1.54, 1.807) is 4.72 Å². The predicted octanol–water partition coefficient (Wildman–Crippen LogP) is 1.10. The van der Waals surface area contributed by atoms with Crippen LogP contribution in [0.25, 0.3) is 0 Å². The second-order valence-electron chi connectivity index (χ2n) is 3.19. The summed E-state index contributed by atoms with van der Waals surface area (Å²) < 4.78 is 50.6. The minimum atomic E-state index is -4.27. The highest BCUT2D eigenvalue weighted by Gasteiger charge is 2.21. The first kappa shape index (κ1) is 12.6. The van der Waals surface area contributed by atoms with E-state index in [4.69, 9.17) is 0 Å². The fourth-order valence-electron chi connectivity index (χ4n) is 1.08. The molecule has 0 spiro atoms. The van der Waals surface area contributed by atoms with E-state index in [-0.39, 0.29) is 5.56 Å². The van der Waals surface area contributed by atoms with E-state index >= 15 is 0 Å². The van der Waals surface area contributed by atoms with E-state index in [1.165, 1.54) is 6.92 Å². The summed E-state index contributed by atoms with van der Waals surface area (Å²) in [4.78, 5) is 9.86. The molecule has 0 aliphatic heterocycles. The van der Waals surface area contributed by atoms with Gasteiger partial charge in [-0.1, -0.05) is 0 Å². The Morgan fingerprint density at radius 3 is 2.31 bits per heavy atom. The van der Waals surface area contributed by atoms with Crippen LogP contribution in [0, 0.1) is 18.6 Å². The highest BCUT2D eigenvalue weighted by Crippen LogP contribution is 2.18. The SMILES string of the molecule is CC(=O)NS(=O)(=O)c1cc(C)c(F)cc1F. The monoisotopic (exact) mass is 249 g/mol. The van der Waals surface area contributed by atoms with Crippen LogP contribution in [0.5, 0.6) is 0 Å². The first-order valence-corrected chi connectivity index (χ1v) is 5.71. The number of aryl methyl sites for hydroxylation is 1. The first-order valence-electron chi connectivity index (χ1n) is 4.23. The van der Waals surface area contributed by atoms with Gasteiger partial charge < -0.3 is 0 Å². The first-order chi connectivity index (χ1) is 7.24. The zero-order valence-electron chi connectivity index (χ0n) is 8.54. The molecule has 0 radical (unpaired) electrons. The van der Waals surface area contributed by atoms with Gasteiger partial charge >= 0.3 is 0 Å². The standard InChI is InChI=1S/C9H9F2NO3S/c1-5-3-9(8(11)4-7(5)10)16(14,15)12-6(2)13/h3-4H,1-2H3,(H,12,13). The third-order valence-corrected chi connectivity index (χ3v) is 3.23. The minimum Gasteiger partial charge on any atom is -0.274 e. The van der Waals surface area contributed by atoms with E-state index in [0.717, 1.165) is 13.0 Å². The Morgan fingerprint density at radius 1 is 1.25 bits per heavy atom. The Kier molecular flexibility index (Phi) is 3.27. The van der Waals surface area contributed by atoms with Crippen molar-refractivity contribution in [3.63, 3.8) is 0 Å². The molecule has 0 atom stereocenters. The molecule has 88 valence electrons. The number of hydrogen-bond acceptors (Lipinski definition) is 3. The van der Waals surface area contributed by atoms with E-state index in [0.29, 0.717) is 6.07 Å². The maximum absolute atomic E-state index is 13.2. The van der Waals surface area contributed by atoms with Crippen molar-refractivity contribution in [3.05, 3.63) is 29.3 Å². The molecule has 0 aliphatic carbocycles. The van der Waals surface area contributed by atoms with Gasteiger partial charge in [-0.3, -0.25) is 4.79 Å². The maximum Gasteiger partial charge on any atom is 0.266 e. The average molecular weight is 249 g/mol. The van der Waals surface area contributed by atoms with Crippen LogP contribution in [0.2, 0.25) is 0 Å². The number of amides is 1. The molecule has 7 heteroatoms. The zero-order valence-corrected chi connectivity index (χ0v) is 9.36. The molecule has 1 amide bonds. The van der Waals surface area contributed by atoms with Crippen LogP contribution in [0.4, 0.5) is 8.78 Å². The third-order valence-electron chi connectivity index (χ3n) is 1.78. The lowest BCUT2D eigenvalue weighted by Gasteiger charge is -2.07. The molecule has 1 aromatic carbocycles. The van der Waals surface area contributed by atoms with Gasteiger partial charge in [0.1, 0.15) is 16.5 Å². The highest BCUT2D eigenvalue weighted by molar-refractivity contribution is 7.90. The summed E-state index contributed by atoms with van der Waals surface area (Å²) in [5.41, 5.74) is -0.0228. The van der Waals surface area contributed by atoms with Crippen molar-refractivity contribution < 1.29 is 22.0 Å². The Balaban J connectivity index is 3.34. The Labute approximate surface area is 91.3 Å². The van der Waals surface area contributed by atoms with Crippen molar-refractivity contribution in [1.29, 1.82) is 0 Å². The van der Waals surface area contributed by atoms with Crippen LogP contribution < -0.4 is 4.72 Å². The molecular weight excluding hydrogens is 240 g/mol. The molecule has 0 heterocycles. The molecule has 0 aliphatic rings. The fraction of sp³-hybridized carbons (Fsp3) is 0.222. The number of halogens is 2. The number of carbonyl (C=O) groups excluding carboxylic acids is 1. The van der Waals surface area contributed by atoms with Crippen molar-refractivity contribution in [2.45, 2.75) is 18.7 Å². The second-order valence-corrected chi connectivity index (χ2v) is 4.84. The van der Waals surface area contributed by atoms with E-state index < -0.39 is 32.5 Å². The van der Waals surface area contributed by atoms with Gasteiger partial charge in [-0.25, -0.2) is 21.9 Å². The van der Waals surface area contributed by atoms with Crippen LogP contribution in [0.3, 0.4) is 0 Å². The van der Waals surface area contributed by atoms with E-state index in [2.05, 4.69) is 0 Å². The molecule has 0 saturated heterocycles. The summed E-state index contributed by atoms with van der Waals surface area (Å²) in [5.74, 6) is -2.93. The zero-order chi connectivity index (χ0) is 12.5. The topological polar surface area (TPSA) is 63.2 Å². The number of rotatable bonds is 2. The molecule has 0 unspecified atom stereocenters. The smallest absolute Gasteiger partial charge is 0.266 e. The predicted molar refractivity (Wildman–Crippen MR) is 52.1 cm³/mol. The summed E-state index contributed by atoms with van der Waals surface area (Å²) in [7, 11) is -4.27. The largest absolute Gasteiger partial charge is 0.274 e. The molecule has 1 aromatic rings. The molecular formula is C9H9F2NO3S. The number of nitrogens with one attached hydrogen (secondary N) is 1. The molecule has 1 rings (SSSR count). The maximum atomic E-state index is 13.2. The summed E-state index contributed by atoms with van der Waals surface area (Å²) in [6, 6.07) is 1.29. The fourth-order valence-corrected chi connectivity index (χ4v) is 2.22. The molecule has 0 bridgehead atoms. The molecule has 4 nitrogen and oxygen atoms in total. The minimum absolute atomic E-state index is 0.0228. The number of sulfonamides is 1. The van der Waals surface area contributed by atoms with Gasteiger partial charge in [-0.15, -0.1) is 0 Å². The lowest BCUT2D eigenvalue weighted by atomic mass is 10.2. The normalized spacial score (nSPS) is 11.2. The van der Waals surface area contributed by atoms with Crippen molar-refractivity contribution in [1.82, 2.24) is 4.72 Å². The quantitative estimate of drug-likeness (QED) is 0.853. The van der Waals surface area contributed by atoms with Crippen molar-refractivity contribution in [3.8, 4) is 0 Å². The Hall–Kier alpha value is -1.50. The molecule has 16 heavy (non-hydrogen) atoms. The summed E-state index contributed by atoms with van der Waals surface area (Å²) in [5, 5.41) is 0. The van der Waals surface area contributed by atoms with Gasteiger partial charge in [-0.2, -0.15) is 0 Å². The van der Waals surface area contributed by atoms with Gasteiger partial charge in [0.2, 0.25) is 5.91 Å². The summed E-state index contributed by atoms with van der Waals surface area (Å²) in [6.07, 6.45) is 0. The van der Waals surface area contributed by atoms with Crippen LogP contribution in [-0.2, 0) is 14.8 Å². The summed E-state index contributed by atoms with van der Waals surface area (Å²) >= 11 is 0. The second kappa shape index (κ2) is 4.17. The molecule has 1 N–H and O–H groups in total. The van der Waals surface area contributed by atoms with E-state index in [9.17, 15) is 22.0 Å². The van der Waals surface area contributed by atoms with Crippen molar-refractivity contribution >= 4 is 15.9 Å². The number of hydrogen-bond donors (Lipinski definition) is 1. The number of benzene rings is 1. The van der Waals surface area contributed by atoms with Crippen molar-refractivity contribution in [2.24, 2.45) is 0 Å². The van der Waals surface area contributed by atoms with E-state index in [1.807, 2.05) is 0 Å². The van der Waals surface area contributed by atoms with Gasteiger partial charge in [0.25, 0.3) is 10.0 Å². The number of carbonyl (C=O) groups is 1. The van der Waals surface area contributed by atoms with Gasteiger partial charge in [0.05, 0.1) is 0 Å². The molecule has 0 saturated carbocycles. The third kappa shape index (κ3) is 2.54.